The van der Waals surface area contributed by atoms with E-state index in [1.165, 1.54) is 12.3 Å². The van der Waals surface area contributed by atoms with Crippen LogP contribution in [-0.4, -0.2) is 47.8 Å². The maximum absolute atomic E-state index is 12.4. The molecule has 0 saturated carbocycles. The van der Waals surface area contributed by atoms with Crippen molar-refractivity contribution in [1.29, 1.82) is 0 Å². The molecule has 1 saturated heterocycles. The Morgan fingerprint density at radius 2 is 1.75 bits per heavy atom. The maximum atomic E-state index is 12.4. The molecule has 0 bridgehead atoms. The zero-order valence-corrected chi connectivity index (χ0v) is 13.8. The minimum atomic E-state index is -0.0735. The van der Waals surface area contributed by atoms with Gasteiger partial charge in [0.25, 0.3) is 5.91 Å². The van der Waals surface area contributed by atoms with Crippen molar-refractivity contribution in [2.45, 2.75) is 13.8 Å². The Morgan fingerprint density at radius 3 is 2.33 bits per heavy atom. The number of aryl methyl sites for hydroxylation is 2. The minimum absolute atomic E-state index is 0.0463. The van der Waals surface area contributed by atoms with Crippen LogP contribution in [0.4, 0.5) is 0 Å². The van der Waals surface area contributed by atoms with E-state index in [9.17, 15) is 9.59 Å². The number of amides is 2. The first kappa shape index (κ1) is 16.1. The van der Waals surface area contributed by atoms with Crippen molar-refractivity contribution in [3.63, 3.8) is 0 Å². The average molecular weight is 328 g/mol. The number of hydrogen-bond acceptors (Lipinski definition) is 4. The molecule has 0 aromatic carbocycles. The predicted octanol–water partition coefficient (Wildman–Crippen LogP) is 2.49. The van der Waals surface area contributed by atoms with Crippen molar-refractivity contribution in [2.75, 3.05) is 26.2 Å². The molecule has 2 amide bonds. The fourth-order valence-corrected chi connectivity index (χ4v) is 2.71. The van der Waals surface area contributed by atoms with Gasteiger partial charge in [0.2, 0.25) is 5.91 Å². The van der Waals surface area contributed by atoms with Gasteiger partial charge in [0.1, 0.15) is 17.3 Å². The van der Waals surface area contributed by atoms with Crippen molar-refractivity contribution in [2.24, 2.45) is 0 Å². The van der Waals surface area contributed by atoms with E-state index in [-0.39, 0.29) is 11.8 Å². The largest absolute Gasteiger partial charge is 0.469 e. The standard InChI is InChI=1S/C18H20N2O4/c1-13-3-4-15(24-13)5-6-17(21)19-8-10-20(11-9-19)18(22)16-7-12-23-14(16)2/h3-7,12H,8-11H2,1-2H3/b6-5+. The lowest BCUT2D eigenvalue weighted by atomic mass is 10.2. The monoisotopic (exact) mass is 328 g/mol. The van der Waals surface area contributed by atoms with Crippen LogP contribution in [0.25, 0.3) is 6.08 Å². The van der Waals surface area contributed by atoms with Gasteiger partial charge in [-0.25, -0.2) is 0 Å². The van der Waals surface area contributed by atoms with Crippen molar-refractivity contribution in [1.82, 2.24) is 9.80 Å². The molecule has 2 aromatic rings. The van der Waals surface area contributed by atoms with E-state index < -0.39 is 0 Å². The molecule has 0 atom stereocenters. The summed E-state index contributed by atoms with van der Waals surface area (Å²) < 4.78 is 10.6. The number of carbonyl (C=O) groups is 2. The summed E-state index contributed by atoms with van der Waals surface area (Å²) in [5, 5.41) is 0. The molecule has 1 fully saturated rings. The van der Waals surface area contributed by atoms with Crippen molar-refractivity contribution >= 4 is 17.9 Å². The molecule has 126 valence electrons. The molecule has 0 unspecified atom stereocenters. The van der Waals surface area contributed by atoms with Crippen LogP contribution < -0.4 is 0 Å². The summed E-state index contributed by atoms with van der Waals surface area (Å²) in [5.41, 5.74) is 0.586. The van der Waals surface area contributed by atoms with Crippen LogP contribution in [-0.2, 0) is 4.79 Å². The molecular formula is C18H20N2O4. The van der Waals surface area contributed by atoms with Crippen LogP contribution in [0.5, 0.6) is 0 Å². The molecule has 3 heterocycles. The van der Waals surface area contributed by atoms with Gasteiger partial charge in [-0.1, -0.05) is 0 Å². The summed E-state index contributed by atoms with van der Waals surface area (Å²) in [6.07, 6.45) is 4.70. The van der Waals surface area contributed by atoms with Crippen molar-refractivity contribution in [3.8, 4) is 0 Å². The maximum Gasteiger partial charge on any atom is 0.257 e. The van der Waals surface area contributed by atoms with Crippen molar-refractivity contribution < 1.29 is 18.4 Å². The number of furan rings is 2. The molecule has 3 rings (SSSR count). The highest BCUT2D eigenvalue weighted by atomic mass is 16.3. The number of carbonyl (C=O) groups excluding carboxylic acids is 2. The third kappa shape index (κ3) is 3.42. The Labute approximate surface area is 140 Å². The van der Waals surface area contributed by atoms with E-state index in [2.05, 4.69) is 0 Å². The van der Waals surface area contributed by atoms with Crippen LogP contribution in [0.3, 0.4) is 0 Å². The van der Waals surface area contributed by atoms with Crippen LogP contribution in [0, 0.1) is 13.8 Å². The summed E-state index contributed by atoms with van der Waals surface area (Å²) in [6.45, 7) is 5.70. The third-order valence-electron chi connectivity index (χ3n) is 4.12. The minimum Gasteiger partial charge on any atom is -0.469 e. The van der Waals surface area contributed by atoms with E-state index in [1.807, 2.05) is 19.1 Å². The predicted molar refractivity (Wildman–Crippen MR) is 88.4 cm³/mol. The molecule has 1 aliphatic rings. The van der Waals surface area contributed by atoms with Gasteiger partial charge in [0.05, 0.1) is 11.8 Å². The second-order valence-electron chi connectivity index (χ2n) is 5.79. The Hall–Kier alpha value is -2.76. The molecular weight excluding hydrogens is 308 g/mol. The topological polar surface area (TPSA) is 66.9 Å². The summed E-state index contributed by atoms with van der Waals surface area (Å²) in [4.78, 5) is 28.1. The highest BCUT2D eigenvalue weighted by molar-refractivity contribution is 5.95. The van der Waals surface area contributed by atoms with Gasteiger partial charge in [-0.15, -0.1) is 0 Å². The Balaban J connectivity index is 1.55. The molecule has 0 N–H and O–H groups in total. The van der Waals surface area contributed by atoms with Crippen LogP contribution in [0.2, 0.25) is 0 Å². The van der Waals surface area contributed by atoms with E-state index in [1.54, 1.807) is 28.9 Å². The smallest absolute Gasteiger partial charge is 0.257 e. The number of rotatable bonds is 3. The van der Waals surface area contributed by atoms with Crippen molar-refractivity contribution in [3.05, 3.63) is 53.4 Å². The lowest BCUT2D eigenvalue weighted by molar-refractivity contribution is -0.127. The zero-order valence-electron chi connectivity index (χ0n) is 13.8. The van der Waals surface area contributed by atoms with Gasteiger partial charge in [-0.2, -0.15) is 0 Å². The number of piperazine rings is 1. The first-order valence-corrected chi connectivity index (χ1v) is 7.91. The normalized spacial score (nSPS) is 15.2. The Bertz CT molecular complexity index is 764. The molecule has 24 heavy (non-hydrogen) atoms. The lowest BCUT2D eigenvalue weighted by Crippen LogP contribution is -2.50. The number of nitrogens with zero attached hydrogens (tertiary/aromatic N) is 2. The van der Waals surface area contributed by atoms with Gasteiger partial charge in [0, 0.05) is 32.3 Å². The average Bonchev–Trinajstić information content (AvgIpc) is 3.20. The Kier molecular flexibility index (Phi) is 4.55. The quantitative estimate of drug-likeness (QED) is 0.812. The zero-order chi connectivity index (χ0) is 17.1. The SMILES string of the molecule is Cc1ccc(/C=C/C(=O)N2CCN(C(=O)c3ccoc3C)CC2)o1. The van der Waals surface area contributed by atoms with Gasteiger partial charge in [-0.3, -0.25) is 9.59 Å². The summed E-state index contributed by atoms with van der Waals surface area (Å²) in [6, 6.07) is 5.36. The molecule has 2 aromatic heterocycles. The van der Waals surface area contributed by atoms with Gasteiger partial charge in [-0.05, 0) is 38.1 Å². The lowest BCUT2D eigenvalue weighted by Gasteiger charge is -2.34. The molecule has 0 radical (unpaired) electrons. The summed E-state index contributed by atoms with van der Waals surface area (Å²) in [5.74, 6) is 1.97. The van der Waals surface area contributed by atoms with Crippen LogP contribution in [0.1, 0.15) is 27.6 Å². The fourth-order valence-electron chi connectivity index (χ4n) is 2.71. The van der Waals surface area contributed by atoms with E-state index >= 15 is 0 Å². The molecule has 0 spiro atoms. The first-order chi connectivity index (χ1) is 11.5. The third-order valence-corrected chi connectivity index (χ3v) is 4.12. The van der Waals surface area contributed by atoms with Gasteiger partial charge in [0.15, 0.2) is 0 Å². The summed E-state index contributed by atoms with van der Waals surface area (Å²) in [7, 11) is 0. The number of hydrogen-bond donors (Lipinski definition) is 0. The second kappa shape index (κ2) is 6.78. The van der Waals surface area contributed by atoms with Gasteiger partial charge >= 0.3 is 0 Å². The molecule has 0 aliphatic carbocycles. The highest BCUT2D eigenvalue weighted by Gasteiger charge is 2.25. The molecule has 1 aliphatic heterocycles. The molecule has 6 nitrogen and oxygen atoms in total. The fraction of sp³-hybridized carbons (Fsp3) is 0.333. The van der Waals surface area contributed by atoms with E-state index in [0.717, 1.165) is 5.76 Å². The highest BCUT2D eigenvalue weighted by Crippen LogP contribution is 2.14. The summed E-state index contributed by atoms with van der Waals surface area (Å²) >= 11 is 0. The molecule has 6 heteroatoms. The first-order valence-electron chi connectivity index (χ1n) is 7.91. The van der Waals surface area contributed by atoms with Crippen LogP contribution >= 0.6 is 0 Å². The van der Waals surface area contributed by atoms with Crippen LogP contribution in [0.15, 0.2) is 39.4 Å². The van der Waals surface area contributed by atoms with E-state index in [0.29, 0.717) is 43.3 Å². The van der Waals surface area contributed by atoms with E-state index in [4.69, 9.17) is 8.83 Å². The Morgan fingerprint density at radius 1 is 1.04 bits per heavy atom. The second-order valence-corrected chi connectivity index (χ2v) is 5.79. The van der Waals surface area contributed by atoms with Gasteiger partial charge < -0.3 is 18.6 Å².